The molecule has 0 aliphatic heterocycles. The monoisotopic (exact) mass is 265 g/mol. The van der Waals surface area contributed by atoms with Crippen LogP contribution in [0.3, 0.4) is 0 Å². The number of aromatic amines is 1. The van der Waals surface area contributed by atoms with Crippen LogP contribution in [0, 0.1) is 0 Å². The predicted octanol–water partition coefficient (Wildman–Crippen LogP) is 2.42. The zero-order chi connectivity index (χ0) is 10.7. The highest BCUT2D eigenvalue weighted by Crippen LogP contribution is 2.11. The van der Waals surface area contributed by atoms with Crippen molar-refractivity contribution in [1.82, 2.24) is 10.2 Å². The van der Waals surface area contributed by atoms with Crippen molar-refractivity contribution in [3.8, 4) is 0 Å². The van der Waals surface area contributed by atoms with E-state index in [0.29, 0.717) is 11.4 Å². The van der Waals surface area contributed by atoms with Crippen molar-refractivity contribution in [1.29, 1.82) is 0 Å². The summed E-state index contributed by atoms with van der Waals surface area (Å²) in [5.74, 6) is 0.324. The quantitative estimate of drug-likeness (QED) is 0.877. The first kappa shape index (κ1) is 9.92. The molecule has 0 fully saturated rings. The van der Waals surface area contributed by atoms with Crippen molar-refractivity contribution >= 4 is 27.7 Å². The number of hydrogen-bond acceptors (Lipinski definition) is 2. The second kappa shape index (κ2) is 4.27. The van der Waals surface area contributed by atoms with Gasteiger partial charge in [0.1, 0.15) is 4.60 Å². The molecule has 1 amide bonds. The van der Waals surface area contributed by atoms with E-state index < -0.39 is 0 Å². The van der Waals surface area contributed by atoms with Crippen LogP contribution in [0.2, 0.25) is 0 Å². The lowest BCUT2D eigenvalue weighted by molar-refractivity contribution is 0.102. The van der Waals surface area contributed by atoms with Crippen LogP contribution in [0.5, 0.6) is 0 Å². The van der Waals surface area contributed by atoms with Gasteiger partial charge >= 0.3 is 0 Å². The minimum atomic E-state index is -0.172. The van der Waals surface area contributed by atoms with Crippen molar-refractivity contribution in [2.75, 3.05) is 5.32 Å². The summed E-state index contributed by atoms with van der Waals surface area (Å²) >= 11 is 3.21. The number of benzene rings is 1. The summed E-state index contributed by atoms with van der Waals surface area (Å²) in [5, 5.41) is 9.22. The standard InChI is InChI=1S/C10H8BrN3O/c11-8-6-9(14-13-8)12-10(15)7-4-2-1-3-5-7/h1-6H,(H2,12,13,14,15). The Labute approximate surface area is 94.8 Å². The molecule has 0 atom stereocenters. The van der Waals surface area contributed by atoms with E-state index in [4.69, 9.17) is 0 Å². The third kappa shape index (κ3) is 2.44. The van der Waals surface area contributed by atoms with Crippen molar-refractivity contribution in [3.63, 3.8) is 0 Å². The Morgan fingerprint density at radius 1 is 1.33 bits per heavy atom. The normalized spacial score (nSPS) is 9.93. The first-order chi connectivity index (χ1) is 7.25. The van der Waals surface area contributed by atoms with Crippen LogP contribution in [-0.2, 0) is 0 Å². The zero-order valence-corrected chi connectivity index (χ0v) is 9.28. The summed E-state index contributed by atoms with van der Waals surface area (Å²) in [6, 6.07) is 10.7. The Balaban J connectivity index is 2.11. The van der Waals surface area contributed by atoms with Gasteiger partial charge in [-0.25, -0.2) is 0 Å². The fraction of sp³-hybridized carbons (Fsp3) is 0. The van der Waals surface area contributed by atoms with Gasteiger partial charge in [0.15, 0.2) is 5.82 Å². The highest BCUT2D eigenvalue weighted by molar-refractivity contribution is 9.10. The van der Waals surface area contributed by atoms with Gasteiger partial charge in [-0.2, -0.15) is 5.10 Å². The molecule has 2 N–H and O–H groups in total. The van der Waals surface area contributed by atoms with Crippen molar-refractivity contribution in [3.05, 3.63) is 46.6 Å². The Morgan fingerprint density at radius 3 is 2.67 bits per heavy atom. The van der Waals surface area contributed by atoms with Gasteiger partial charge in [0.25, 0.3) is 5.91 Å². The molecule has 1 aromatic carbocycles. The summed E-state index contributed by atoms with van der Waals surface area (Å²) in [6.07, 6.45) is 0. The molecule has 0 aliphatic rings. The Morgan fingerprint density at radius 2 is 2.07 bits per heavy atom. The van der Waals surface area contributed by atoms with Crippen molar-refractivity contribution in [2.24, 2.45) is 0 Å². The lowest BCUT2D eigenvalue weighted by Gasteiger charge is -2.00. The second-order valence-electron chi connectivity index (χ2n) is 2.92. The van der Waals surface area contributed by atoms with Gasteiger partial charge in [0.05, 0.1) is 0 Å². The maximum Gasteiger partial charge on any atom is 0.256 e. The molecule has 0 saturated carbocycles. The van der Waals surface area contributed by atoms with Gasteiger partial charge in [-0.3, -0.25) is 9.89 Å². The zero-order valence-electron chi connectivity index (χ0n) is 7.70. The smallest absolute Gasteiger partial charge is 0.256 e. The van der Waals surface area contributed by atoms with Gasteiger partial charge in [-0.05, 0) is 28.1 Å². The van der Waals surface area contributed by atoms with Crippen LogP contribution in [0.25, 0.3) is 0 Å². The van der Waals surface area contributed by atoms with E-state index in [-0.39, 0.29) is 5.91 Å². The molecule has 4 nitrogen and oxygen atoms in total. The molecule has 15 heavy (non-hydrogen) atoms. The minimum Gasteiger partial charge on any atom is -0.305 e. The Bertz CT molecular complexity index is 467. The third-order valence-corrected chi connectivity index (χ3v) is 2.23. The molecule has 2 aromatic rings. The fourth-order valence-corrected chi connectivity index (χ4v) is 1.45. The number of hydrogen-bond donors (Lipinski definition) is 2. The van der Waals surface area contributed by atoms with E-state index in [9.17, 15) is 4.79 Å². The second-order valence-corrected chi connectivity index (χ2v) is 3.78. The molecule has 0 aliphatic carbocycles. The van der Waals surface area contributed by atoms with Gasteiger partial charge < -0.3 is 5.32 Å². The van der Waals surface area contributed by atoms with E-state index >= 15 is 0 Å². The maximum absolute atomic E-state index is 11.6. The summed E-state index contributed by atoms with van der Waals surface area (Å²) < 4.78 is 0.728. The molecule has 76 valence electrons. The molecule has 5 heteroatoms. The van der Waals surface area contributed by atoms with Crippen LogP contribution < -0.4 is 5.32 Å². The van der Waals surface area contributed by atoms with Crippen LogP contribution in [-0.4, -0.2) is 16.1 Å². The van der Waals surface area contributed by atoms with Crippen molar-refractivity contribution < 1.29 is 4.79 Å². The molecule has 0 saturated heterocycles. The van der Waals surface area contributed by atoms with Crippen LogP contribution in [0.15, 0.2) is 41.0 Å². The summed E-state index contributed by atoms with van der Waals surface area (Å²) in [6.45, 7) is 0. The SMILES string of the molecule is O=C(Nc1cc(Br)[nH]n1)c1ccccc1. The molecule has 0 bridgehead atoms. The lowest BCUT2D eigenvalue weighted by atomic mass is 10.2. The van der Waals surface area contributed by atoms with E-state index in [1.807, 2.05) is 18.2 Å². The average Bonchev–Trinajstić information content (AvgIpc) is 2.65. The van der Waals surface area contributed by atoms with E-state index in [2.05, 4.69) is 31.4 Å². The molecular formula is C10H8BrN3O. The fourth-order valence-electron chi connectivity index (χ4n) is 1.14. The summed E-state index contributed by atoms with van der Waals surface area (Å²) in [5.41, 5.74) is 0.608. The highest BCUT2D eigenvalue weighted by atomic mass is 79.9. The third-order valence-electron chi connectivity index (χ3n) is 1.82. The molecule has 2 rings (SSSR count). The van der Waals surface area contributed by atoms with Gasteiger partial charge in [0.2, 0.25) is 0 Å². The largest absolute Gasteiger partial charge is 0.305 e. The topological polar surface area (TPSA) is 57.8 Å². The molecular weight excluding hydrogens is 258 g/mol. The van der Waals surface area contributed by atoms with Gasteiger partial charge in [-0.15, -0.1) is 0 Å². The predicted molar refractivity (Wildman–Crippen MR) is 60.7 cm³/mol. The number of rotatable bonds is 2. The Hall–Kier alpha value is -1.62. The van der Waals surface area contributed by atoms with Gasteiger partial charge in [0, 0.05) is 11.6 Å². The maximum atomic E-state index is 11.6. The number of H-pyrrole nitrogens is 1. The number of carbonyl (C=O) groups is 1. The number of anilines is 1. The van der Waals surface area contributed by atoms with E-state index in [0.717, 1.165) is 4.60 Å². The minimum absolute atomic E-state index is 0.172. The summed E-state index contributed by atoms with van der Waals surface area (Å²) in [4.78, 5) is 11.6. The number of aromatic nitrogens is 2. The molecule has 1 aromatic heterocycles. The van der Waals surface area contributed by atoms with Crippen LogP contribution >= 0.6 is 15.9 Å². The first-order valence-corrected chi connectivity index (χ1v) is 5.12. The van der Waals surface area contributed by atoms with Gasteiger partial charge in [-0.1, -0.05) is 18.2 Å². The lowest BCUT2D eigenvalue weighted by Crippen LogP contribution is -2.11. The summed E-state index contributed by atoms with van der Waals surface area (Å²) in [7, 11) is 0. The molecule has 0 unspecified atom stereocenters. The van der Waals surface area contributed by atoms with E-state index in [1.165, 1.54) is 0 Å². The number of halogens is 1. The van der Waals surface area contributed by atoms with E-state index in [1.54, 1.807) is 18.2 Å². The Kier molecular flexibility index (Phi) is 2.82. The number of nitrogens with one attached hydrogen (secondary N) is 2. The molecule has 0 spiro atoms. The van der Waals surface area contributed by atoms with Crippen molar-refractivity contribution in [2.45, 2.75) is 0 Å². The number of amides is 1. The average molecular weight is 266 g/mol. The number of carbonyl (C=O) groups excluding carboxylic acids is 1. The van der Waals surface area contributed by atoms with Crippen LogP contribution in [0.4, 0.5) is 5.82 Å². The highest BCUT2D eigenvalue weighted by Gasteiger charge is 2.06. The number of nitrogens with zero attached hydrogens (tertiary/aromatic N) is 1. The molecule has 0 radical (unpaired) electrons. The molecule has 1 heterocycles. The van der Waals surface area contributed by atoms with Crippen LogP contribution in [0.1, 0.15) is 10.4 Å². The first-order valence-electron chi connectivity index (χ1n) is 4.33.